The first-order valence-corrected chi connectivity index (χ1v) is 12.3. The number of nitrogens with zero attached hydrogens (tertiary/aromatic N) is 6. The van der Waals surface area contributed by atoms with Crippen molar-refractivity contribution in [1.82, 2.24) is 19.7 Å². The van der Waals surface area contributed by atoms with Gasteiger partial charge < -0.3 is 16.4 Å². The number of nitrogens with two attached hydrogens (primary N) is 2. The van der Waals surface area contributed by atoms with Crippen LogP contribution in [0, 0.1) is 5.41 Å². The van der Waals surface area contributed by atoms with Crippen LogP contribution in [-0.2, 0) is 19.1 Å². The lowest BCUT2D eigenvalue weighted by Gasteiger charge is -2.42. The Morgan fingerprint density at radius 1 is 1.11 bits per heavy atom. The molecule has 1 amide bonds. The van der Waals surface area contributed by atoms with E-state index in [-0.39, 0.29) is 22.8 Å². The van der Waals surface area contributed by atoms with Gasteiger partial charge in [0.15, 0.2) is 11.5 Å². The molecule has 9 nitrogen and oxygen atoms in total. The molecule has 1 saturated heterocycles. The van der Waals surface area contributed by atoms with Gasteiger partial charge >= 0.3 is 6.18 Å². The van der Waals surface area contributed by atoms with Gasteiger partial charge in [0, 0.05) is 38.3 Å². The van der Waals surface area contributed by atoms with Crippen molar-refractivity contribution in [2.45, 2.75) is 44.4 Å². The van der Waals surface area contributed by atoms with Crippen molar-refractivity contribution in [1.29, 1.82) is 0 Å². The summed E-state index contributed by atoms with van der Waals surface area (Å²) in [4.78, 5) is 25.7. The van der Waals surface area contributed by atoms with E-state index in [0.717, 1.165) is 24.6 Å². The predicted molar refractivity (Wildman–Crippen MR) is 131 cm³/mol. The molecule has 0 unspecified atom stereocenters. The molecule has 0 saturated carbocycles. The molecule has 12 heteroatoms. The normalized spacial score (nSPS) is 20.7. The molecular weight excluding hydrogens is 485 g/mol. The van der Waals surface area contributed by atoms with E-state index >= 15 is 0 Å². The fourth-order valence-corrected chi connectivity index (χ4v) is 5.97. The zero-order valence-corrected chi connectivity index (χ0v) is 20.1. The molecule has 1 fully saturated rings. The summed E-state index contributed by atoms with van der Waals surface area (Å²) in [5.41, 5.74) is 13.4. The van der Waals surface area contributed by atoms with Gasteiger partial charge in [0.1, 0.15) is 11.6 Å². The van der Waals surface area contributed by atoms with Gasteiger partial charge in [-0.05, 0) is 54.4 Å². The number of carbonyl (C=O) groups excluding carboxylic acids is 1. The lowest BCUT2D eigenvalue weighted by molar-refractivity contribution is -0.137. The fraction of sp³-hybridized carbons (Fsp3) is 0.440. The SMILES string of the molecule is Nc1nc(N2CCC3(CC2)Cc2ccc(C(F)(F)F)cc2[C@H]3N)cnc1C(=O)N1CCCn2nccc21. The maximum absolute atomic E-state index is 13.2. The molecule has 1 aromatic carbocycles. The number of aryl methyl sites for hydroxylation is 1. The van der Waals surface area contributed by atoms with Gasteiger partial charge in [-0.15, -0.1) is 0 Å². The van der Waals surface area contributed by atoms with E-state index in [2.05, 4.69) is 15.1 Å². The Labute approximate surface area is 211 Å². The van der Waals surface area contributed by atoms with Crippen molar-refractivity contribution in [3.05, 3.63) is 59.0 Å². The minimum Gasteiger partial charge on any atom is -0.382 e. The number of amides is 1. The number of carbonyl (C=O) groups is 1. The molecule has 4 N–H and O–H groups in total. The lowest BCUT2D eigenvalue weighted by Crippen LogP contribution is -2.44. The lowest BCUT2D eigenvalue weighted by atomic mass is 9.73. The first-order chi connectivity index (χ1) is 17.7. The second-order valence-electron chi connectivity index (χ2n) is 10.1. The first kappa shape index (κ1) is 23.7. The van der Waals surface area contributed by atoms with Gasteiger partial charge in [-0.1, -0.05) is 6.07 Å². The minimum atomic E-state index is -4.39. The highest BCUT2D eigenvalue weighted by molar-refractivity contribution is 6.07. The standard InChI is InChI=1S/C25H27F3N8O/c26-25(27,28)16-3-2-15-13-24(21(29)17(15)12-16)5-10-34(11-6-24)18-14-31-20(22(30)33-18)23(37)35-8-1-9-36-19(35)4-7-32-36/h2-4,7,12,14,21H,1,5-6,8-11,13,29H2,(H2,30,33)/t21-/m1/s1. The van der Waals surface area contributed by atoms with Gasteiger partial charge in [-0.3, -0.25) is 9.69 Å². The van der Waals surface area contributed by atoms with Crippen LogP contribution < -0.4 is 21.3 Å². The Bertz CT molecular complexity index is 1360. The molecule has 37 heavy (non-hydrogen) atoms. The van der Waals surface area contributed by atoms with Crippen LogP contribution in [0.25, 0.3) is 0 Å². The van der Waals surface area contributed by atoms with Gasteiger partial charge in [0.2, 0.25) is 0 Å². The van der Waals surface area contributed by atoms with Crippen molar-refractivity contribution < 1.29 is 18.0 Å². The number of hydrogen-bond acceptors (Lipinski definition) is 7. The van der Waals surface area contributed by atoms with Gasteiger partial charge in [-0.25, -0.2) is 14.6 Å². The summed E-state index contributed by atoms with van der Waals surface area (Å²) >= 11 is 0. The highest BCUT2D eigenvalue weighted by Gasteiger charge is 2.47. The Hall–Kier alpha value is -3.67. The molecule has 0 bridgehead atoms. The molecule has 0 radical (unpaired) electrons. The van der Waals surface area contributed by atoms with Crippen LogP contribution in [0.1, 0.15) is 52.5 Å². The highest BCUT2D eigenvalue weighted by atomic mass is 19.4. The van der Waals surface area contributed by atoms with E-state index in [1.54, 1.807) is 34.1 Å². The molecule has 6 rings (SSSR count). The zero-order chi connectivity index (χ0) is 25.9. The van der Waals surface area contributed by atoms with Crippen LogP contribution in [0.15, 0.2) is 36.7 Å². The molecule has 194 valence electrons. The highest BCUT2D eigenvalue weighted by Crippen LogP contribution is 2.51. The quantitative estimate of drug-likeness (QED) is 0.541. The topological polar surface area (TPSA) is 119 Å². The number of piperidine rings is 1. The third kappa shape index (κ3) is 3.90. The number of benzene rings is 1. The third-order valence-electron chi connectivity index (χ3n) is 8.05. The summed E-state index contributed by atoms with van der Waals surface area (Å²) in [5, 5.41) is 4.23. The van der Waals surface area contributed by atoms with Crippen molar-refractivity contribution in [3.63, 3.8) is 0 Å². The Morgan fingerprint density at radius 3 is 2.62 bits per heavy atom. The Kier molecular flexibility index (Phi) is 5.41. The van der Waals surface area contributed by atoms with E-state index in [1.807, 2.05) is 4.90 Å². The van der Waals surface area contributed by atoms with Crippen LogP contribution in [0.4, 0.5) is 30.6 Å². The van der Waals surface area contributed by atoms with Crippen LogP contribution in [0.5, 0.6) is 0 Å². The van der Waals surface area contributed by atoms with Gasteiger partial charge in [-0.2, -0.15) is 18.3 Å². The molecule has 1 atom stereocenters. The summed E-state index contributed by atoms with van der Waals surface area (Å²) < 4.78 is 41.5. The third-order valence-corrected chi connectivity index (χ3v) is 8.05. The summed E-state index contributed by atoms with van der Waals surface area (Å²) in [7, 11) is 0. The summed E-state index contributed by atoms with van der Waals surface area (Å²) in [6.07, 6.45) is 1.66. The molecular formula is C25H27F3N8O. The molecule has 1 spiro atoms. The Balaban J connectivity index is 1.16. The van der Waals surface area contributed by atoms with Gasteiger partial charge in [0.25, 0.3) is 5.91 Å². The maximum Gasteiger partial charge on any atom is 0.416 e. The van der Waals surface area contributed by atoms with E-state index in [0.29, 0.717) is 56.1 Å². The van der Waals surface area contributed by atoms with Crippen LogP contribution in [-0.4, -0.2) is 45.3 Å². The number of hydrogen-bond donors (Lipinski definition) is 2. The van der Waals surface area contributed by atoms with Crippen LogP contribution in [0.3, 0.4) is 0 Å². The van der Waals surface area contributed by atoms with E-state index in [1.165, 1.54) is 6.07 Å². The van der Waals surface area contributed by atoms with E-state index in [4.69, 9.17) is 11.5 Å². The molecule has 1 aliphatic carbocycles. The molecule has 2 aliphatic heterocycles. The Morgan fingerprint density at radius 2 is 1.89 bits per heavy atom. The first-order valence-electron chi connectivity index (χ1n) is 12.3. The average Bonchev–Trinajstić information content (AvgIpc) is 3.46. The van der Waals surface area contributed by atoms with Crippen molar-refractivity contribution >= 4 is 23.4 Å². The van der Waals surface area contributed by atoms with E-state index < -0.39 is 17.8 Å². The largest absolute Gasteiger partial charge is 0.416 e. The van der Waals surface area contributed by atoms with Crippen molar-refractivity contribution in [3.8, 4) is 0 Å². The number of alkyl halides is 3. The monoisotopic (exact) mass is 512 g/mol. The van der Waals surface area contributed by atoms with Crippen molar-refractivity contribution in [2.75, 3.05) is 35.2 Å². The fourth-order valence-electron chi connectivity index (χ4n) is 5.97. The van der Waals surface area contributed by atoms with E-state index in [9.17, 15) is 18.0 Å². The summed E-state index contributed by atoms with van der Waals surface area (Å²) in [5.74, 6) is 1.02. The molecule has 3 aliphatic rings. The summed E-state index contributed by atoms with van der Waals surface area (Å²) in [6, 6.07) is 5.24. The number of rotatable bonds is 2. The zero-order valence-electron chi connectivity index (χ0n) is 20.1. The maximum atomic E-state index is 13.2. The molecule has 3 aromatic rings. The predicted octanol–water partition coefficient (Wildman–Crippen LogP) is 3.17. The number of aromatic nitrogens is 4. The second-order valence-corrected chi connectivity index (χ2v) is 10.1. The average molecular weight is 513 g/mol. The second kappa shape index (κ2) is 8.44. The smallest absolute Gasteiger partial charge is 0.382 e. The summed E-state index contributed by atoms with van der Waals surface area (Å²) in [6.45, 7) is 2.52. The number of fused-ring (bicyclic) bond motifs is 2. The molecule has 4 heterocycles. The van der Waals surface area contributed by atoms with Gasteiger partial charge in [0.05, 0.1) is 18.0 Å². The number of anilines is 3. The minimum absolute atomic E-state index is 0.0593. The number of halogens is 3. The van der Waals surface area contributed by atoms with Crippen LogP contribution >= 0.6 is 0 Å². The molecule has 2 aromatic heterocycles. The van der Waals surface area contributed by atoms with Crippen molar-refractivity contribution in [2.24, 2.45) is 11.1 Å². The number of nitrogen functional groups attached to an aromatic ring is 1. The van der Waals surface area contributed by atoms with Crippen LogP contribution in [0.2, 0.25) is 0 Å².